The Hall–Kier alpha value is -1.28. The van der Waals surface area contributed by atoms with Crippen LogP contribution >= 0.6 is 0 Å². The fourth-order valence-electron chi connectivity index (χ4n) is 0.606. The zero-order valence-electron chi connectivity index (χ0n) is 8.32. The van der Waals surface area contributed by atoms with E-state index in [0.29, 0.717) is 0 Å². The van der Waals surface area contributed by atoms with Crippen LogP contribution < -0.4 is 0 Å². The van der Waals surface area contributed by atoms with Crippen molar-refractivity contribution in [3.63, 3.8) is 0 Å². The van der Waals surface area contributed by atoms with Gasteiger partial charge in [-0.1, -0.05) is 6.58 Å². The second-order valence-corrected chi connectivity index (χ2v) is 3.08. The Kier molecular flexibility index (Phi) is 4.55. The van der Waals surface area contributed by atoms with E-state index in [4.69, 9.17) is 0 Å². The highest BCUT2D eigenvalue weighted by molar-refractivity contribution is 5.87. The van der Waals surface area contributed by atoms with E-state index >= 15 is 0 Å². The van der Waals surface area contributed by atoms with Gasteiger partial charge in [-0.05, 0) is 6.92 Å². The monoisotopic (exact) mass is 268 g/mol. The van der Waals surface area contributed by atoms with E-state index in [0.717, 1.165) is 6.92 Å². The molecular formula is C8H7F7O2. The number of alkyl halides is 7. The number of rotatable bonds is 4. The summed E-state index contributed by atoms with van der Waals surface area (Å²) in [6, 6.07) is 0. The van der Waals surface area contributed by atoms with Gasteiger partial charge in [0.25, 0.3) is 6.17 Å². The first-order valence-corrected chi connectivity index (χ1v) is 3.99. The van der Waals surface area contributed by atoms with Gasteiger partial charge in [-0.25, -0.2) is 9.18 Å². The topological polar surface area (TPSA) is 26.3 Å². The molecule has 0 aromatic heterocycles. The summed E-state index contributed by atoms with van der Waals surface area (Å²) in [6.07, 6.45) is -14.8. The number of esters is 1. The third kappa shape index (κ3) is 3.90. The standard InChI is InChI=1S/C8H7F7O2/c1-3(2)4(16)17-6(10)7(11,12)5(9)8(13,14)15/h5-6H,1H2,2H3. The summed E-state index contributed by atoms with van der Waals surface area (Å²) in [6.45, 7) is 3.83. The molecule has 0 aromatic carbocycles. The minimum atomic E-state index is -5.97. The molecule has 2 atom stereocenters. The third-order valence-corrected chi connectivity index (χ3v) is 1.49. The predicted octanol–water partition coefficient (Wildman–Crippen LogP) is 2.94. The Bertz CT molecular complexity index is 309. The summed E-state index contributed by atoms with van der Waals surface area (Å²) in [5.74, 6) is -7.21. The zero-order valence-corrected chi connectivity index (χ0v) is 8.32. The van der Waals surface area contributed by atoms with Crippen molar-refractivity contribution in [3.05, 3.63) is 12.2 Å². The van der Waals surface area contributed by atoms with E-state index in [1.54, 1.807) is 0 Å². The average Bonchev–Trinajstić information content (AvgIpc) is 2.14. The molecule has 0 bridgehead atoms. The SMILES string of the molecule is C=C(C)C(=O)OC(F)C(F)(F)C(F)C(F)(F)F. The van der Waals surface area contributed by atoms with Gasteiger partial charge in [-0.15, -0.1) is 0 Å². The minimum absolute atomic E-state index is 0.522. The zero-order chi connectivity index (χ0) is 14.0. The second kappa shape index (κ2) is 4.92. The Labute approximate surface area is 91.0 Å². The lowest BCUT2D eigenvalue weighted by Gasteiger charge is -2.25. The molecule has 0 aliphatic rings. The molecular weight excluding hydrogens is 261 g/mol. The first kappa shape index (κ1) is 15.7. The molecule has 0 rings (SSSR count). The normalized spacial score (nSPS) is 16.2. The molecule has 2 unspecified atom stereocenters. The van der Waals surface area contributed by atoms with Gasteiger partial charge >= 0.3 is 24.4 Å². The lowest BCUT2D eigenvalue weighted by atomic mass is 10.2. The molecule has 9 heteroatoms. The van der Waals surface area contributed by atoms with Crippen LogP contribution in [0.15, 0.2) is 12.2 Å². The molecule has 17 heavy (non-hydrogen) atoms. The van der Waals surface area contributed by atoms with Gasteiger partial charge in [0.05, 0.1) is 0 Å². The summed E-state index contributed by atoms with van der Waals surface area (Å²) in [5.41, 5.74) is -0.522. The Morgan fingerprint density at radius 2 is 1.59 bits per heavy atom. The molecule has 0 amide bonds. The van der Waals surface area contributed by atoms with Crippen molar-refractivity contribution < 1.29 is 40.3 Å². The number of ether oxygens (including phenoxy) is 1. The molecule has 0 N–H and O–H groups in total. The smallest absolute Gasteiger partial charge is 0.421 e. The summed E-state index contributed by atoms with van der Waals surface area (Å²) in [7, 11) is 0. The van der Waals surface area contributed by atoms with Gasteiger partial charge in [0.15, 0.2) is 0 Å². The molecule has 0 saturated heterocycles. The molecule has 2 nitrogen and oxygen atoms in total. The second-order valence-electron chi connectivity index (χ2n) is 3.08. The van der Waals surface area contributed by atoms with E-state index in [9.17, 15) is 35.5 Å². The lowest BCUT2D eigenvalue weighted by Crippen LogP contribution is -2.49. The van der Waals surface area contributed by atoms with E-state index in [2.05, 4.69) is 11.3 Å². The van der Waals surface area contributed by atoms with Crippen LogP contribution in [0.3, 0.4) is 0 Å². The summed E-state index contributed by atoms with van der Waals surface area (Å²) < 4.78 is 88.1. The Morgan fingerprint density at radius 3 is 1.88 bits per heavy atom. The van der Waals surface area contributed by atoms with Crippen LogP contribution in [0.5, 0.6) is 0 Å². The maximum absolute atomic E-state index is 12.6. The van der Waals surface area contributed by atoms with E-state index < -0.39 is 36.2 Å². The molecule has 100 valence electrons. The highest BCUT2D eigenvalue weighted by atomic mass is 19.4. The molecule has 0 radical (unpaired) electrons. The van der Waals surface area contributed by atoms with Crippen LogP contribution in [-0.4, -0.2) is 30.6 Å². The van der Waals surface area contributed by atoms with E-state index in [1.807, 2.05) is 0 Å². The maximum Gasteiger partial charge on any atom is 0.425 e. The Morgan fingerprint density at radius 1 is 1.18 bits per heavy atom. The van der Waals surface area contributed by atoms with Gasteiger partial charge in [-0.2, -0.15) is 26.3 Å². The predicted molar refractivity (Wildman–Crippen MR) is 41.7 cm³/mol. The fourth-order valence-corrected chi connectivity index (χ4v) is 0.606. The maximum atomic E-state index is 12.6. The minimum Gasteiger partial charge on any atom is -0.421 e. The molecule has 0 aliphatic carbocycles. The van der Waals surface area contributed by atoms with Crippen molar-refractivity contribution in [1.29, 1.82) is 0 Å². The van der Waals surface area contributed by atoms with Crippen LogP contribution in [-0.2, 0) is 9.53 Å². The lowest BCUT2D eigenvalue weighted by molar-refractivity contribution is -0.289. The number of carbonyl (C=O) groups excluding carboxylic acids is 1. The van der Waals surface area contributed by atoms with Crippen LogP contribution in [0.25, 0.3) is 0 Å². The van der Waals surface area contributed by atoms with Crippen molar-refractivity contribution in [2.24, 2.45) is 0 Å². The number of halogens is 7. The first-order chi connectivity index (χ1) is 7.40. The molecule has 0 fully saturated rings. The van der Waals surface area contributed by atoms with Gasteiger partial charge in [0.1, 0.15) is 0 Å². The van der Waals surface area contributed by atoms with Crippen molar-refractivity contribution in [3.8, 4) is 0 Å². The number of hydrogen-bond acceptors (Lipinski definition) is 2. The molecule has 0 aliphatic heterocycles. The van der Waals surface area contributed by atoms with E-state index in [-0.39, 0.29) is 0 Å². The van der Waals surface area contributed by atoms with Gasteiger partial charge in [-0.3, -0.25) is 0 Å². The summed E-state index contributed by atoms with van der Waals surface area (Å²) in [4.78, 5) is 10.6. The van der Waals surface area contributed by atoms with Crippen molar-refractivity contribution in [1.82, 2.24) is 0 Å². The van der Waals surface area contributed by atoms with Crippen LogP contribution in [0, 0.1) is 0 Å². The largest absolute Gasteiger partial charge is 0.425 e. The fraction of sp³-hybridized carbons (Fsp3) is 0.625. The van der Waals surface area contributed by atoms with Crippen molar-refractivity contribution in [2.75, 3.05) is 0 Å². The van der Waals surface area contributed by atoms with Crippen LogP contribution in [0.2, 0.25) is 0 Å². The summed E-state index contributed by atoms with van der Waals surface area (Å²) in [5, 5.41) is 0. The Balaban J connectivity index is 4.82. The highest BCUT2D eigenvalue weighted by Crippen LogP contribution is 2.38. The van der Waals surface area contributed by atoms with Gasteiger partial charge < -0.3 is 4.74 Å². The third-order valence-electron chi connectivity index (χ3n) is 1.49. The molecule has 0 aromatic rings. The summed E-state index contributed by atoms with van der Waals surface area (Å²) >= 11 is 0. The van der Waals surface area contributed by atoms with Crippen molar-refractivity contribution >= 4 is 5.97 Å². The average molecular weight is 268 g/mol. The van der Waals surface area contributed by atoms with E-state index in [1.165, 1.54) is 0 Å². The first-order valence-electron chi connectivity index (χ1n) is 3.99. The van der Waals surface area contributed by atoms with Crippen molar-refractivity contribution in [2.45, 2.75) is 31.6 Å². The van der Waals surface area contributed by atoms with Gasteiger partial charge in [0, 0.05) is 5.57 Å². The van der Waals surface area contributed by atoms with Crippen LogP contribution in [0.4, 0.5) is 30.7 Å². The number of hydrogen-bond donors (Lipinski definition) is 0. The van der Waals surface area contributed by atoms with Crippen LogP contribution in [0.1, 0.15) is 6.92 Å². The van der Waals surface area contributed by atoms with Gasteiger partial charge in [0.2, 0.25) is 0 Å². The highest BCUT2D eigenvalue weighted by Gasteiger charge is 2.62. The quantitative estimate of drug-likeness (QED) is 0.445. The molecule has 0 saturated carbocycles. The molecule has 0 heterocycles. The number of carbonyl (C=O) groups is 1. The molecule has 0 spiro atoms.